The second kappa shape index (κ2) is 7.61. The maximum atomic E-state index is 12.5. The van der Waals surface area contributed by atoms with Crippen LogP contribution >= 0.6 is 11.6 Å². The molecule has 3 rings (SSSR count). The van der Waals surface area contributed by atoms with E-state index in [-0.39, 0.29) is 28.5 Å². The van der Waals surface area contributed by atoms with Crippen molar-refractivity contribution in [3.05, 3.63) is 65.0 Å². The summed E-state index contributed by atoms with van der Waals surface area (Å²) in [5.41, 5.74) is 0.519. The summed E-state index contributed by atoms with van der Waals surface area (Å²) in [5.74, 6) is -2.30. The van der Waals surface area contributed by atoms with Crippen molar-refractivity contribution in [3.63, 3.8) is 0 Å². The zero-order valence-corrected chi connectivity index (χ0v) is 14.9. The Morgan fingerprint density at radius 1 is 1.07 bits per heavy atom. The molecule has 10 heteroatoms. The van der Waals surface area contributed by atoms with Crippen LogP contribution in [-0.2, 0) is 17.0 Å². The lowest BCUT2D eigenvalue weighted by Gasteiger charge is -2.03. The first-order valence-electron chi connectivity index (χ1n) is 7.42. The fourth-order valence-electron chi connectivity index (χ4n) is 2.13. The van der Waals surface area contributed by atoms with Crippen LogP contribution in [0.5, 0.6) is 0 Å². The Bertz CT molecular complexity index is 986. The molecule has 0 N–H and O–H groups in total. The zero-order chi connectivity index (χ0) is 19.6. The highest BCUT2D eigenvalue weighted by Gasteiger charge is 2.38. The van der Waals surface area contributed by atoms with Crippen molar-refractivity contribution in [2.45, 2.75) is 11.1 Å². The molecule has 0 saturated heterocycles. The minimum Gasteiger partial charge on any atom is -0.329 e. The summed E-state index contributed by atoms with van der Waals surface area (Å²) in [5, 5.41) is 3.77. The average molecular weight is 415 g/mol. The predicted octanol–water partition coefficient (Wildman–Crippen LogP) is 4.40. The number of halogens is 4. The first kappa shape index (κ1) is 19.2. The number of carbonyl (C=O) groups excluding carboxylic acids is 1. The van der Waals surface area contributed by atoms with Crippen LogP contribution in [0.4, 0.5) is 13.2 Å². The molecule has 3 aromatic rings. The summed E-state index contributed by atoms with van der Waals surface area (Å²) in [6, 6.07) is 11.9. The molecule has 0 spiro atoms. The third kappa shape index (κ3) is 4.61. The number of Topliss-reactive ketones (excluding diaryl/α,β-unsaturated/α-hetero) is 1. The molecule has 0 saturated carbocycles. The van der Waals surface area contributed by atoms with E-state index in [0.29, 0.717) is 9.92 Å². The monoisotopic (exact) mass is 414 g/mol. The maximum absolute atomic E-state index is 12.5. The van der Waals surface area contributed by atoms with Crippen molar-refractivity contribution in [3.8, 4) is 11.4 Å². The fourth-order valence-corrected chi connectivity index (χ4v) is 3.27. The normalized spacial score (nSPS) is 12.7. The zero-order valence-electron chi connectivity index (χ0n) is 13.4. The Kier molecular flexibility index (Phi) is 5.43. The number of hydrogen-bond donors (Lipinski definition) is 0. The quantitative estimate of drug-likeness (QED) is 0.578. The SMILES string of the molecule is O=C(CS(=O)c1ccc(Cl)cc1)c1ccc(-c2noc(C(F)(F)F)n2)cc1. The van der Waals surface area contributed by atoms with Crippen molar-refractivity contribution in [1.29, 1.82) is 0 Å². The number of ketones is 1. The molecule has 1 aromatic heterocycles. The Morgan fingerprint density at radius 2 is 1.70 bits per heavy atom. The summed E-state index contributed by atoms with van der Waals surface area (Å²) in [6.07, 6.45) is -4.73. The molecule has 1 unspecified atom stereocenters. The number of carbonyl (C=O) groups is 1. The molecule has 1 atom stereocenters. The molecule has 0 radical (unpaired) electrons. The lowest BCUT2D eigenvalue weighted by molar-refractivity contribution is -0.159. The van der Waals surface area contributed by atoms with Gasteiger partial charge in [0.2, 0.25) is 5.82 Å². The first-order chi connectivity index (χ1) is 12.7. The Hall–Kier alpha value is -2.52. The van der Waals surface area contributed by atoms with Crippen molar-refractivity contribution in [2.75, 3.05) is 5.75 Å². The number of rotatable bonds is 5. The number of hydrogen-bond acceptors (Lipinski definition) is 5. The third-order valence-electron chi connectivity index (χ3n) is 3.47. The van der Waals surface area contributed by atoms with Gasteiger partial charge in [0, 0.05) is 21.0 Å². The molecule has 2 aromatic carbocycles. The minimum absolute atomic E-state index is 0.235. The molecule has 1 heterocycles. The van der Waals surface area contributed by atoms with E-state index in [1.54, 1.807) is 24.3 Å². The van der Waals surface area contributed by atoms with Gasteiger partial charge in [0.05, 0.1) is 16.6 Å². The minimum atomic E-state index is -4.73. The van der Waals surface area contributed by atoms with E-state index < -0.39 is 22.9 Å². The van der Waals surface area contributed by atoms with Gasteiger partial charge in [-0.1, -0.05) is 41.0 Å². The first-order valence-corrected chi connectivity index (χ1v) is 9.12. The summed E-state index contributed by atoms with van der Waals surface area (Å²) in [4.78, 5) is 16.0. The van der Waals surface area contributed by atoms with Crippen molar-refractivity contribution in [1.82, 2.24) is 10.1 Å². The lowest BCUT2D eigenvalue weighted by atomic mass is 10.1. The van der Waals surface area contributed by atoms with Crippen molar-refractivity contribution >= 4 is 28.2 Å². The molecule has 0 aliphatic heterocycles. The van der Waals surface area contributed by atoms with E-state index in [4.69, 9.17) is 11.6 Å². The van der Waals surface area contributed by atoms with Crippen LogP contribution in [0.25, 0.3) is 11.4 Å². The molecular formula is C17H10ClF3N2O3S. The van der Waals surface area contributed by atoms with Gasteiger partial charge < -0.3 is 4.52 Å². The highest BCUT2D eigenvalue weighted by molar-refractivity contribution is 7.85. The second-order valence-electron chi connectivity index (χ2n) is 5.37. The maximum Gasteiger partial charge on any atom is 0.471 e. The molecular weight excluding hydrogens is 405 g/mol. The summed E-state index contributed by atoms with van der Waals surface area (Å²) in [7, 11) is -1.54. The number of alkyl halides is 3. The summed E-state index contributed by atoms with van der Waals surface area (Å²) >= 11 is 5.76. The largest absolute Gasteiger partial charge is 0.471 e. The highest BCUT2D eigenvalue weighted by atomic mass is 35.5. The van der Waals surface area contributed by atoms with E-state index >= 15 is 0 Å². The van der Waals surface area contributed by atoms with Gasteiger partial charge in [-0.3, -0.25) is 9.00 Å². The van der Waals surface area contributed by atoms with E-state index in [1.807, 2.05) is 0 Å². The molecule has 0 amide bonds. The predicted molar refractivity (Wildman–Crippen MR) is 91.8 cm³/mol. The van der Waals surface area contributed by atoms with Gasteiger partial charge in [-0.15, -0.1) is 0 Å². The Balaban J connectivity index is 1.71. The van der Waals surface area contributed by atoms with Gasteiger partial charge in [0.1, 0.15) is 0 Å². The standard InChI is InChI=1S/C17H10ClF3N2O3S/c18-12-5-7-13(8-6-12)27(25)9-14(24)10-1-3-11(4-2-10)15-22-16(26-23-15)17(19,20)21/h1-8H,9H2. The van der Waals surface area contributed by atoms with Crippen LogP contribution in [0, 0.1) is 0 Å². The van der Waals surface area contributed by atoms with E-state index in [2.05, 4.69) is 14.7 Å². The van der Waals surface area contributed by atoms with Crippen LogP contribution in [0.3, 0.4) is 0 Å². The number of benzene rings is 2. The number of nitrogens with zero attached hydrogens (tertiary/aromatic N) is 2. The van der Waals surface area contributed by atoms with Gasteiger partial charge in [0.15, 0.2) is 5.78 Å². The van der Waals surface area contributed by atoms with Crippen molar-refractivity contribution < 1.29 is 26.7 Å². The van der Waals surface area contributed by atoms with Gasteiger partial charge in [0.25, 0.3) is 0 Å². The van der Waals surface area contributed by atoms with Crippen LogP contribution in [0.2, 0.25) is 5.02 Å². The lowest BCUT2D eigenvalue weighted by Crippen LogP contribution is -2.11. The van der Waals surface area contributed by atoms with Crippen LogP contribution in [0.1, 0.15) is 16.2 Å². The molecule has 0 bridgehead atoms. The van der Waals surface area contributed by atoms with Crippen LogP contribution in [0.15, 0.2) is 57.9 Å². The average Bonchev–Trinajstić information content (AvgIpc) is 3.13. The van der Waals surface area contributed by atoms with Gasteiger partial charge in [-0.2, -0.15) is 18.2 Å². The third-order valence-corrected chi connectivity index (χ3v) is 5.05. The molecule has 0 fully saturated rings. The molecule has 5 nitrogen and oxygen atoms in total. The Morgan fingerprint density at radius 3 is 2.26 bits per heavy atom. The van der Waals surface area contributed by atoms with E-state index in [1.165, 1.54) is 24.3 Å². The Labute approximate surface area is 158 Å². The summed E-state index contributed by atoms with van der Waals surface area (Å²) < 4.78 is 53.9. The topological polar surface area (TPSA) is 73.1 Å². The molecule has 27 heavy (non-hydrogen) atoms. The molecule has 0 aliphatic carbocycles. The number of aromatic nitrogens is 2. The van der Waals surface area contributed by atoms with Crippen molar-refractivity contribution in [2.24, 2.45) is 0 Å². The molecule has 0 aliphatic rings. The highest BCUT2D eigenvalue weighted by Crippen LogP contribution is 2.29. The smallest absolute Gasteiger partial charge is 0.329 e. The van der Waals surface area contributed by atoms with Crippen LogP contribution < -0.4 is 0 Å². The fraction of sp³-hybridized carbons (Fsp3) is 0.118. The van der Waals surface area contributed by atoms with E-state index in [0.717, 1.165) is 0 Å². The summed E-state index contributed by atoms with van der Waals surface area (Å²) in [6.45, 7) is 0. The van der Waals surface area contributed by atoms with Gasteiger partial charge in [-0.05, 0) is 24.3 Å². The molecule has 140 valence electrons. The van der Waals surface area contributed by atoms with Gasteiger partial charge >= 0.3 is 12.1 Å². The second-order valence-corrected chi connectivity index (χ2v) is 7.25. The van der Waals surface area contributed by atoms with E-state index in [9.17, 15) is 22.2 Å². The van der Waals surface area contributed by atoms with Gasteiger partial charge in [-0.25, -0.2) is 0 Å². The van der Waals surface area contributed by atoms with Crippen LogP contribution in [-0.4, -0.2) is 25.9 Å².